The number of nitrogens with zero attached hydrogens (tertiary/aromatic N) is 1. The Bertz CT molecular complexity index is 495. The number of anilines is 1. The number of benzene rings is 1. The van der Waals surface area contributed by atoms with Crippen LogP contribution in [0.25, 0.3) is 0 Å². The molecule has 0 spiro atoms. The van der Waals surface area contributed by atoms with Crippen LogP contribution in [0, 0.1) is 13.8 Å². The normalized spacial score (nSPS) is 10.5. The van der Waals surface area contributed by atoms with Crippen LogP contribution in [0.4, 0.5) is 5.69 Å². The second-order valence-electron chi connectivity index (χ2n) is 5.40. The van der Waals surface area contributed by atoms with Crippen LogP contribution < -0.4 is 5.32 Å². The SMILES string of the molecule is CC(=O)N(CCC(=O)Nc1ccc(C)c(C)c1)C(C)C. The third-order valence-electron chi connectivity index (χ3n) is 3.40. The highest BCUT2D eigenvalue weighted by molar-refractivity contribution is 5.91. The zero-order valence-corrected chi connectivity index (χ0v) is 13.0. The highest BCUT2D eigenvalue weighted by atomic mass is 16.2. The predicted molar refractivity (Wildman–Crippen MR) is 81.7 cm³/mol. The molecule has 0 radical (unpaired) electrons. The van der Waals surface area contributed by atoms with Crippen molar-refractivity contribution in [1.82, 2.24) is 4.90 Å². The average molecular weight is 276 g/mol. The van der Waals surface area contributed by atoms with Crippen molar-refractivity contribution < 1.29 is 9.59 Å². The van der Waals surface area contributed by atoms with Gasteiger partial charge in [0, 0.05) is 31.6 Å². The molecule has 2 amide bonds. The van der Waals surface area contributed by atoms with Gasteiger partial charge in [0.15, 0.2) is 0 Å². The molecule has 0 bridgehead atoms. The van der Waals surface area contributed by atoms with E-state index in [1.54, 1.807) is 4.90 Å². The van der Waals surface area contributed by atoms with E-state index in [0.29, 0.717) is 13.0 Å². The zero-order valence-electron chi connectivity index (χ0n) is 13.0. The quantitative estimate of drug-likeness (QED) is 0.899. The fourth-order valence-corrected chi connectivity index (χ4v) is 2.04. The van der Waals surface area contributed by atoms with E-state index in [2.05, 4.69) is 5.32 Å². The smallest absolute Gasteiger partial charge is 0.226 e. The summed E-state index contributed by atoms with van der Waals surface area (Å²) in [6, 6.07) is 5.95. The van der Waals surface area contributed by atoms with E-state index in [4.69, 9.17) is 0 Å². The number of hydrogen-bond acceptors (Lipinski definition) is 2. The van der Waals surface area contributed by atoms with Crippen LogP contribution in [0.1, 0.15) is 38.3 Å². The van der Waals surface area contributed by atoms with Crippen LogP contribution in [0.5, 0.6) is 0 Å². The molecule has 0 aromatic heterocycles. The molecule has 0 aliphatic rings. The van der Waals surface area contributed by atoms with Gasteiger partial charge in [-0.2, -0.15) is 0 Å². The van der Waals surface area contributed by atoms with Crippen molar-refractivity contribution in [3.05, 3.63) is 29.3 Å². The number of aryl methyl sites for hydroxylation is 2. The summed E-state index contributed by atoms with van der Waals surface area (Å²) in [5.74, 6) is -0.0702. The maximum Gasteiger partial charge on any atom is 0.226 e. The number of hydrogen-bond donors (Lipinski definition) is 1. The molecule has 1 aromatic rings. The van der Waals surface area contributed by atoms with Gasteiger partial charge in [0.2, 0.25) is 11.8 Å². The van der Waals surface area contributed by atoms with Gasteiger partial charge in [0.1, 0.15) is 0 Å². The van der Waals surface area contributed by atoms with Crippen LogP contribution in [0.3, 0.4) is 0 Å². The van der Waals surface area contributed by atoms with Gasteiger partial charge in [-0.15, -0.1) is 0 Å². The Morgan fingerprint density at radius 2 is 1.85 bits per heavy atom. The van der Waals surface area contributed by atoms with Crippen LogP contribution in [0.2, 0.25) is 0 Å². The first-order valence-electron chi connectivity index (χ1n) is 6.95. The fraction of sp³-hybridized carbons (Fsp3) is 0.500. The van der Waals surface area contributed by atoms with Gasteiger partial charge in [-0.1, -0.05) is 6.07 Å². The van der Waals surface area contributed by atoms with Gasteiger partial charge >= 0.3 is 0 Å². The molecule has 0 unspecified atom stereocenters. The maximum atomic E-state index is 11.9. The third kappa shape index (κ3) is 4.68. The third-order valence-corrected chi connectivity index (χ3v) is 3.40. The van der Waals surface area contributed by atoms with Crippen molar-refractivity contribution in [2.45, 2.75) is 47.1 Å². The molecule has 0 atom stereocenters. The first-order valence-corrected chi connectivity index (χ1v) is 6.95. The molecule has 4 nitrogen and oxygen atoms in total. The second-order valence-corrected chi connectivity index (χ2v) is 5.40. The topological polar surface area (TPSA) is 49.4 Å². The Balaban J connectivity index is 2.55. The molecule has 1 aromatic carbocycles. The van der Waals surface area contributed by atoms with E-state index in [9.17, 15) is 9.59 Å². The zero-order chi connectivity index (χ0) is 15.3. The lowest BCUT2D eigenvalue weighted by Crippen LogP contribution is -2.37. The lowest BCUT2D eigenvalue weighted by molar-refractivity contribution is -0.130. The number of rotatable bonds is 5. The van der Waals surface area contributed by atoms with E-state index in [1.165, 1.54) is 12.5 Å². The van der Waals surface area contributed by atoms with Gasteiger partial charge in [0.05, 0.1) is 0 Å². The van der Waals surface area contributed by atoms with Gasteiger partial charge in [-0.25, -0.2) is 0 Å². The monoisotopic (exact) mass is 276 g/mol. The molecule has 0 heterocycles. The second kappa shape index (κ2) is 7.08. The van der Waals surface area contributed by atoms with Crippen molar-refractivity contribution in [3.8, 4) is 0 Å². The summed E-state index contributed by atoms with van der Waals surface area (Å²) in [5.41, 5.74) is 3.15. The minimum atomic E-state index is -0.0693. The van der Waals surface area contributed by atoms with Crippen molar-refractivity contribution in [1.29, 1.82) is 0 Å². The Labute approximate surface area is 121 Å². The molecular weight excluding hydrogens is 252 g/mol. The fourth-order valence-electron chi connectivity index (χ4n) is 2.04. The minimum Gasteiger partial charge on any atom is -0.340 e. The molecular formula is C16H24N2O2. The van der Waals surface area contributed by atoms with Crippen LogP contribution in [-0.2, 0) is 9.59 Å². The molecule has 0 saturated heterocycles. The number of carbonyl (C=O) groups is 2. The van der Waals surface area contributed by atoms with E-state index >= 15 is 0 Å². The van der Waals surface area contributed by atoms with Crippen LogP contribution in [0.15, 0.2) is 18.2 Å². The lowest BCUT2D eigenvalue weighted by atomic mass is 10.1. The molecule has 110 valence electrons. The molecule has 0 aliphatic heterocycles. The first-order chi connectivity index (χ1) is 9.31. The summed E-state index contributed by atoms with van der Waals surface area (Å²) < 4.78 is 0. The van der Waals surface area contributed by atoms with Gasteiger partial charge in [-0.05, 0) is 51.0 Å². The first kappa shape index (κ1) is 16.2. The molecule has 0 saturated carbocycles. The van der Waals surface area contributed by atoms with Gasteiger partial charge in [-0.3, -0.25) is 9.59 Å². The average Bonchev–Trinajstić information content (AvgIpc) is 2.33. The molecule has 1 rings (SSSR count). The van der Waals surface area contributed by atoms with Crippen LogP contribution in [-0.4, -0.2) is 29.3 Å². The van der Waals surface area contributed by atoms with Crippen LogP contribution >= 0.6 is 0 Å². The van der Waals surface area contributed by atoms with Crippen molar-refractivity contribution in [2.24, 2.45) is 0 Å². The summed E-state index contributed by atoms with van der Waals surface area (Å²) in [6.45, 7) is 9.92. The lowest BCUT2D eigenvalue weighted by Gasteiger charge is -2.25. The minimum absolute atomic E-state index is 0.000944. The molecule has 0 aliphatic carbocycles. The van der Waals surface area contributed by atoms with Crippen molar-refractivity contribution in [3.63, 3.8) is 0 Å². The Hall–Kier alpha value is -1.84. The highest BCUT2D eigenvalue weighted by Gasteiger charge is 2.14. The molecule has 4 heteroatoms. The molecule has 1 N–H and O–H groups in total. The summed E-state index contributed by atoms with van der Waals surface area (Å²) in [4.78, 5) is 25.0. The number of amides is 2. The van der Waals surface area contributed by atoms with E-state index in [0.717, 1.165) is 11.3 Å². The van der Waals surface area contributed by atoms with E-state index < -0.39 is 0 Å². The summed E-state index contributed by atoms with van der Waals surface area (Å²) in [5, 5.41) is 2.87. The number of carbonyl (C=O) groups excluding carboxylic acids is 2. The standard InChI is InChI=1S/C16H24N2O2/c1-11(2)18(14(5)19)9-8-16(20)17-15-7-6-12(3)13(4)10-15/h6-7,10-11H,8-9H2,1-5H3,(H,17,20). The summed E-state index contributed by atoms with van der Waals surface area (Å²) in [7, 11) is 0. The van der Waals surface area contributed by atoms with Gasteiger partial charge in [0.25, 0.3) is 0 Å². The van der Waals surface area contributed by atoms with E-state index in [-0.39, 0.29) is 17.9 Å². The Kier molecular flexibility index (Phi) is 5.74. The van der Waals surface area contributed by atoms with E-state index in [1.807, 2.05) is 45.9 Å². The maximum absolute atomic E-state index is 11.9. The Morgan fingerprint density at radius 3 is 2.35 bits per heavy atom. The predicted octanol–water partition coefficient (Wildman–Crippen LogP) is 2.89. The largest absolute Gasteiger partial charge is 0.340 e. The number of nitrogens with one attached hydrogen (secondary N) is 1. The van der Waals surface area contributed by atoms with Gasteiger partial charge < -0.3 is 10.2 Å². The van der Waals surface area contributed by atoms with Crippen molar-refractivity contribution >= 4 is 17.5 Å². The molecule has 20 heavy (non-hydrogen) atoms. The summed E-state index contributed by atoms with van der Waals surface area (Å²) >= 11 is 0. The highest BCUT2D eigenvalue weighted by Crippen LogP contribution is 2.14. The Morgan fingerprint density at radius 1 is 1.20 bits per heavy atom. The van der Waals surface area contributed by atoms with Crippen molar-refractivity contribution in [2.75, 3.05) is 11.9 Å². The molecule has 0 fully saturated rings. The summed E-state index contributed by atoms with van der Waals surface area (Å²) in [6.07, 6.45) is 0.310.